The summed E-state index contributed by atoms with van der Waals surface area (Å²) in [5, 5.41) is 0. The summed E-state index contributed by atoms with van der Waals surface area (Å²) >= 11 is 0. The van der Waals surface area contributed by atoms with Crippen LogP contribution in [0.3, 0.4) is 0 Å². The van der Waals surface area contributed by atoms with Crippen LogP contribution in [0.25, 0.3) is 0 Å². The third kappa shape index (κ3) is 9.14. The van der Waals surface area contributed by atoms with Crippen LogP contribution in [0.15, 0.2) is 17.7 Å². The molecular weight excluding hydrogens is 282 g/mol. The van der Waals surface area contributed by atoms with Gasteiger partial charge in [-0.15, -0.1) is 6.42 Å². The zero-order valence-electron chi connectivity index (χ0n) is 6.20. The minimum atomic E-state index is 0. The molecule has 0 spiro atoms. The van der Waals surface area contributed by atoms with E-state index in [9.17, 15) is 0 Å². The Morgan fingerprint density at radius 2 is 1.91 bits per heavy atom. The van der Waals surface area contributed by atoms with E-state index in [4.69, 9.17) is 0 Å². The third-order valence-corrected chi connectivity index (χ3v) is 1.15. The summed E-state index contributed by atoms with van der Waals surface area (Å²) in [7, 11) is 0. The molecule has 0 saturated carbocycles. The van der Waals surface area contributed by atoms with Gasteiger partial charge in [-0.1, -0.05) is 13.3 Å². The first-order valence-electron chi connectivity index (χ1n) is 2.69. The van der Waals surface area contributed by atoms with Crippen molar-refractivity contribution in [2.45, 2.75) is 19.8 Å². The molecular formula is C7H9Cl3Zr. The SMILES string of the molecule is CCC1=[C-]CC=C1.[Cl-].[Cl-].[Cl-].[Zr+4]. The molecule has 1 aliphatic carbocycles. The third-order valence-electron chi connectivity index (χ3n) is 1.15. The topological polar surface area (TPSA) is 0 Å². The zero-order chi connectivity index (χ0) is 5.11. The minimum Gasteiger partial charge on any atom is -1.00 e. The molecule has 0 nitrogen and oxygen atoms in total. The maximum Gasteiger partial charge on any atom is 4.00 e. The molecule has 1 aliphatic rings. The first-order valence-corrected chi connectivity index (χ1v) is 2.69. The fourth-order valence-electron chi connectivity index (χ4n) is 0.693. The van der Waals surface area contributed by atoms with Gasteiger partial charge in [0.1, 0.15) is 0 Å². The van der Waals surface area contributed by atoms with Crippen molar-refractivity contribution in [2.75, 3.05) is 0 Å². The monoisotopic (exact) mass is 288 g/mol. The van der Waals surface area contributed by atoms with Crippen molar-refractivity contribution in [3.8, 4) is 0 Å². The Hall–Kier alpha value is 1.23. The molecule has 0 bridgehead atoms. The molecule has 0 N–H and O–H groups in total. The fraction of sp³-hybridized carbons (Fsp3) is 0.429. The van der Waals surface area contributed by atoms with E-state index in [-0.39, 0.29) is 63.4 Å². The van der Waals surface area contributed by atoms with Gasteiger partial charge >= 0.3 is 26.2 Å². The van der Waals surface area contributed by atoms with Gasteiger partial charge in [0.15, 0.2) is 0 Å². The van der Waals surface area contributed by atoms with Crippen molar-refractivity contribution in [1.82, 2.24) is 0 Å². The van der Waals surface area contributed by atoms with E-state index < -0.39 is 0 Å². The summed E-state index contributed by atoms with van der Waals surface area (Å²) < 4.78 is 0. The standard InChI is InChI=1S/C7H9.3ClH.Zr/c1-2-7-5-3-4-6-7;;;;/h3,5H,2,4H2,1H3;3*1H;/q-1;;;;+4/p-3. The van der Waals surface area contributed by atoms with Crippen molar-refractivity contribution < 1.29 is 63.4 Å². The second-order valence-corrected chi connectivity index (χ2v) is 1.66. The molecule has 0 atom stereocenters. The first-order chi connectivity index (χ1) is 3.43. The largest absolute Gasteiger partial charge is 4.00 e. The number of halogens is 3. The van der Waals surface area contributed by atoms with Crippen LogP contribution in [0, 0.1) is 6.08 Å². The van der Waals surface area contributed by atoms with E-state index >= 15 is 0 Å². The van der Waals surface area contributed by atoms with Crippen LogP contribution in [0.5, 0.6) is 0 Å². The van der Waals surface area contributed by atoms with E-state index in [1.165, 1.54) is 5.57 Å². The van der Waals surface area contributed by atoms with E-state index in [0.717, 1.165) is 12.8 Å². The Morgan fingerprint density at radius 1 is 1.36 bits per heavy atom. The fourth-order valence-corrected chi connectivity index (χ4v) is 0.693. The summed E-state index contributed by atoms with van der Waals surface area (Å²) in [5.74, 6) is 0. The van der Waals surface area contributed by atoms with Gasteiger partial charge < -0.3 is 37.2 Å². The van der Waals surface area contributed by atoms with Crippen molar-refractivity contribution in [1.29, 1.82) is 0 Å². The quantitative estimate of drug-likeness (QED) is 0.421. The van der Waals surface area contributed by atoms with Crippen molar-refractivity contribution in [3.63, 3.8) is 0 Å². The summed E-state index contributed by atoms with van der Waals surface area (Å²) in [4.78, 5) is 0. The molecule has 0 aromatic carbocycles. The Balaban J connectivity index is -0.0000000612. The summed E-state index contributed by atoms with van der Waals surface area (Å²) in [5.41, 5.74) is 1.36. The molecule has 0 aliphatic heterocycles. The minimum absolute atomic E-state index is 0. The number of hydrogen-bond acceptors (Lipinski definition) is 0. The molecule has 11 heavy (non-hydrogen) atoms. The first kappa shape index (κ1) is 22.8. The van der Waals surface area contributed by atoms with Gasteiger partial charge in [0, 0.05) is 0 Å². The average molecular weight is 291 g/mol. The molecule has 0 unspecified atom stereocenters. The summed E-state index contributed by atoms with van der Waals surface area (Å²) in [6, 6.07) is 0. The maximum absolute atomic E-state index is 3.21. The average Bonchev–Trinajstić information content (AvgIpc) is 2.14. The molecule has 0 amide bonds. The van der Waals surface area contributed by atoms with Crippen LogP contribution in [0.4, 0.5) is 0 Å². The van der Waals surface area contributed by atoms with Gasteiger partial charge in [-0.3, -0.25) is 6.08 Å². The predicted molar refractivity (Wildman–Crippen MR) is 30.8 cm³/mol. The van der Waals surface area contributed by atoms with Crippen LogP contribution < -0.4 is 37.2 Å². The van der Waals surface area contributed by atoms with Gasteiger partial charge in [0.25, 0.3) is 0 Å². The molecule has 0 aromatic rings. The van der Waals surface area contributed by atoms with E-state index in [1.807, 2.05) is 0 Å². The molecule has 0 radical (unpaired) electrons. The van der Waals surface area contributed by atoms with Crippen molar-refractivity contribution in [3.05, 3.63) is 23.8 Å². The van der Waals surface area contributed by atoms with E-state index in [1.54, 1.807) is 0 Å². The van der Waals surface area contributed by atoms with Gasteiger partial charge in [0.05, 0.1) is 0 Å². The molecule has 62 valence electrons. The molecule has 0 aromatic heterocycles. The van der Waals surface area contributed by atoms with Crippen LogP contribution in [0.2, 0.25) is 0 Å². The van der Waals surface area contributed by atoms with Crippen LogP contribution in [-0.2, 0) is 26.2 Å². The van der Waals surface area contributed by atoms with Crippen LogP contribution in [0.1, 0.15) is 19.8 Å². The predicted octanol–water partition coefficient (Wildman–Crippen LogP) is -6.90. The van der Waals surface area contributed by atoms with Crippen LogP contribution in [-0.4, -0.2) is 0 Å². The maximum atomic E-state index is 3.21. The van der Waals surface area contributed by atoms with Gasteiger partial charge in [-0.05, 0) is 0 Å². The Bertz CT molecular complexity index is 121. The Kier molecular flexibility index (Phi) is 28.6. The number of hydrogen-bond donors (Lipinski definition) is 0. The van der Waals surface area contributed by atoms with Gasteiger partial charge in [0.2, 0.25) is 0 Å². The molecule has 1 rings (SSSR count). The van der Waals surface area contributed by atoms with Gasteiger partial charge in [-0.25, -0.2) is 11.6 Å². The second kappa shape index (κ2) is 13.8. The molecule has 0 saturated heterocycles. The van der Waals surface area contributed by atoms with E-state index in [2.05, 4.69) is 25.2 Å². The zero-order valence-corrected chi connectivity index (χ0v) is 10.9. The number of rotatable bonds is 1. The van der Waals surface area contributed by atoms with E-state index in [0.29, 0.717) is 0 Å². The normalized spacial score (nSPS) is 11.2. The van der Waals surface area contributed by atoms with Crippen LogP contribution >= 0.6 is 0 Å². The van der Waals surface area contributed by atoms with Crippen molar-refractivity contribution >= 4 is 0 Å². The Labute approximate surface area is 106 Å². The molecule has 0 fully saturated rings. The molecule has 4 heteroatoms. The Morgan fingerprint density at radius 3 is 2.09 bits per heavy atom. The smallest absolute Gasteiger partial charge is 1.00 e. The number of allylic oxidation sites excluding steroid dienone is 4. The van der Waals surface area contributed by atoms with Crippen molar-refractivity contribution in [2.24, 2.45) is 0 Å². The van der Waals surface area contributed by atoms with Gasteiger partial charge in [-0.2, -0.15) is 6.08 Å². The summed E-state index contributed by atoms with van der Waals surface area (Å²) in [6.45, 7) is 2.15. The molecule has 0 heterocycles. The second-order valence-electron chi connectivity index (χ2n) is 1.66. The summed E-state index contributed by atoms with van der Waals surface area (Å²) in [6.07, 6.45) is 9.65.